The molecule has 0 saturated heterocycles. The summed E-state index contributed by atoms with van der Waals surface area (Å²) >= 11 is 1.50. The van der Waals surface area contributed by atoms with Crippen molar-refractivity contribution in [1.29, 1.82) is 0 Å². The Labute approximate surface area is 137 Å². The quantitative estimate of drug-likeness (QED) is 0.906. The fourth-order valence-electron chi connectivity index (χ4n) is 2.34. The van der Waals surface area contributed by atoms with Crippen LogP contribution in [0.5, 0.6) is 0 Å². The molecule has 3 rings (SSSR count). The summed E-state index contributed by atoms with van der Waals surface area (Å²) < 4.78 is 13.1. The highest BCUT2D eigenvalue weighted by atomic mass is 32.2. The zero-order valence-corrected chi connectivity index (χ0v) is 13.1. The van der Waals surface area contributed by atoms with Crippen LogP contribution in [0, 0.1) is 5.82 Å². The molecule has 2 amide bonds. The Balaban J connectivity index is 1.59. The topological polar surface area (TPSA) is 58.2 Å². The standard InChI is InChI=1S/C17H15FN2O2S/c18-13-3-1-2-11(6-13)8-16(21)19-9-12-4-5-15-14(7-12)20-17(22)10-23-15/h1-7H,8-10H2,(H,19,21)(H,20,22). The Kier molecular flexibility index (Phi) is 4.62. The van der Waals surface area contributed by atoms with E-state index in [9.17, 15) is 14.0 Å². The first-order valence-corrected chi connectivity index (χ1v) is 8.15. The molecule has 23 heavy (non-hydrogen) atoms. The van der Waals surface area contributed by atoms with Gasteiger partial charge in [0.1, 0.15) is 5.82 Å². The number of nitrogens with one attached hydrogen (secondary N) is 2. The molecule has 0 fully saturated rings. The third kappa shape index (κ3) is 4.10. The van der Waals surface area contributed by atoms with Crippen molar-refractivity contribution in [2.24, 2.45) is 0 Å². The van der Waals surface area contributed by atoms with Crippen LogP contribution in [0.3, 0.4) is 0 Å². The minimum atomic E-state index is -0.349. The normalized spacial score (nSPS) is 13.2. The molecule has 1 aliphatic heterocycles. The summed E-state index contributed by atoms with van der Waals surface area (Å²) in [5.41, 5.74) is 2.32. The van der Waals surface area contributed by atoms with E-state index in [1.165, 1.54) is 23.9 Å². The number of thioether (sulfide) groups is 1. The molecule has 0 bridgehead atoms. The van der Waals surface area contributed by atoms with Gasteiger partial charge in [0.25, 0.3) is 0 Å². The average Bonchev–Trinajstić information content (AvgIpc) is 2.52. The molecular formula is C17H15FN2O2S. The number of carbonyl (C=O) groups excluding carboxylic acids is 2. The number of fused-ring (bicyclic) bond motifs is 1. The van der Waals surface area contributed by atoms with Gasteiger partial charge in [0.05, 0.1) is 17.9 Å². The van der Waals surface area contributed by atoms with Gasteiger partial charge in [-0.25, -0.2) is 4.39 Å². The number of carbonyl (C=O) groups is 2. The summed E-state index contributed by atoms with van der Waals surface area (Å²) in [6.45, 7) is 0.363. The Bertz CT molecular complexity index is 764. The van der Waals surface area contributed by atoms with Crippen molar-refractivity contribution in [3.63, 3.8) is 0 Å². The third-order valence-corrected chi connectivity index (χ3v) is 4.49. The number of benzene rings is 2. The highest BCUT2D eigenvalue weighted by molar-refractivity contribution is 8.00. The monoisotopic (exact) mass is 330 g/mol. The molecule has 2 aromatic carbocycles. The molecule has 4 nitrogen and oxygen atoms in total. The van der Waals surface area contributed by atoms with Crippen LogP contribution in [0.4, 0.5) is 10.1 Å². The molecule has 2 aromatic rings. The summed E-state index contributed by atoms with van der Waals surface area (Å²) in [6, 6.07) is 11.7. The molecule has 0 aromatic heterocycles. The van der Waals surface area contributed by atoms with Crippen LogP contribution in [0.2, 0.25) is 0 Å². The lowest BCUT2D eigenvalue weighted by molar-refractivity contribution is -0.120. The second kappa shape index (κ2) is 6.83. The molecule has 6 heteroatoms. The van der Waals surface area contributed by atoms with E-state index in [0.29, 0.717) is 17.9 Å². The van der Waals surface area contributed by atoms with Crippen LogP contribution >= 0.6 is 11.8 Å². The second-order valence-corrected chi connectivity index (χ2v) is 6.27. The smallest absolute Gasteiger partial charge is 0.234 e. The van der Waals surface area contributed by atoms with Crippen molar-refractivity contribution in [2.45, 2.75) is 17.9 Å². The number of halogens is 1. The second-order valence-electron chi connectivity index (χ2n) is 5.25. The van der Waals surface area contributed by atoms with Crippen molar-refractivity contribution in [1.82, 2.24) is 5.32 Å². The van der Waals surface area contributed by atoms with Gasteiger partial charge >= 0.3 is 0 Å². The summed E-state index contributed by atoms with van der Waals surface area (Å²) in [5.74, 6) is -0.115. The molecule has 0 spiro atoms. The van der Waals surface area contributed by atoms with Gasteiger partial charge in [-0.15, -0.1) is 11.8 Å². The maximum Gasteiger partial charge on any atom is 0.234 e. The summed E-state index contributed by atoms with van der Waals surface area (Å²) in [6.07, 6.45) is 0.134. The largest absolute Gasteiger partial charge is 0.352 e. The maximum atomic E-state index is 13.1. The number of anilines is 1. The average molecular weight is 330 g/mol. The van der Waals surface area contributed by atoms with Crippen molar-refractivity contribution >= 4 is 29.3 Å². The van der Waals surface area contributed by atoms with Gasteiger partial charge in [0.15, 0.2) is 0 Å². The van der Waals surface area contributed by atoms with Crippen LogP contribution in [0.25, 0.3) is 0 Å². The van der Waals surface area contributed by atoms with E-state index in [1.54, 1.807) is 12.1 Å². The number of amides is 2. The van der Waals surface area contributed by atoms with E-state index >= 15 is 0 Å². The lowest BCUT2D eigenvalue weighted by Crippen LogP contribution is -2.25. The van der Waals surface area contributed by atoms with E-state index < -0.39 is 0 Å². The molecule has 0 aliphatic carbocycles. The molecule has 1 heterocycles. The minimum Gasteiger partial charge on any atom is -0.352 e. The van der Waals surface area contributed by atoms with Gasteiger partial charge in [-0.05, 0) is 35.4 Å². The first-order chi connectivity index (χ1) is 11.1. The van der Waals surface area contributed by atoms with Gasteiger partial charge in [-0.3, -0.25) is 9.59 Å². The summed E-state index contributed by atoms with van der Waals surface area (Å²) in [7, 11) is 0. The summed E-state index contributed by atoms with van der Waals surface area (Å²) in [5, 5.41) is 5.62. The van der Waals surface area contributed by atoms with Crippen molar-refractivity contribution in [3.05, 3.63) is 59.4 Å². The van der Waals surface area contributed by atoms with Crippen LogP contribution in [0.1, 0.15) is 11.1 Å². The molecule has 1 aliphatic rings. The molecule has 0 radical (unpaired) electrons. The van der Waals surface area contributed by atoms with Crippen LogP contribution < -0.4 is 10.6 Å². The van der Waals surface area contributed by atoms with Crippen molar-refractivity contribution in [2.75, 3.05) is 11.1 Å². The first kappa shape index (κ1) is 15.6. The zero-order valence-electron chi connectivity index (χ0n) is 12.3. The number of hydrogen-bond acceptors (Lipinski definition) is 3. The van der Waals surface area contributed by atoms with Crippen molar-refractivity contribution < 1.29 is 14.0 Å². The van der Waals surface area contributed by atoms with Crippen LogP contribution in [-0.4, -0.2) is 17.6 Å². The third-order valence-electron chi connectivity index (χ3n) is 3.42. The summed E-state index contributed by atoms with van der Waals surface area (Å²) in [4.78, 5) is 24.4. The highest BCUT2D eigenvalue weighted by Gasteiger charge is 2.15. The van der Waals surface area contributed by atoms with E-state index in [2.05, 4.69) is 10.6 Å². The Morgan fingerprint density at radius 3 is 2.91 bits per heavy atom. The fourth-order valence-corrected chi connectivity index (χ4v) is 3.12. The first-order valence-electron chi connectivity index (χ1n) is 7.17. The molecule has 0 saturated carbocycles. The van der Waals surface area contributed by atoms with Gasteiger partial charge < -0.3 is 10.6 Å². The highest BCUT2D eigenvalue weighted by Crippen LogP contribution is 2.31. The molecule has 118 valence electrons. The fraction of sp³-hybridized carbons (Fsp3) is 0.176. The van der Waals surface area contributed by atoms with E-state index in [4.69, 9.17) is 0 Å². The van der Waals surface area contributed by atoms with E-state index in [0.717, 1.165) is 16.1 Å². The Morgan fingerprint density at radius 2 is 2.09 bits per heavy atom. The SMILES string of the molecule is O=C(Cc1cccc(F)c1)NCc1ccc2c(c1)NC(=O)CS2. The van der Waals surface area contributed by atoms with E-state index in [1.807, 2.05) is 18.2 Å². The molecule has 0 unspecified atom stereocenters. The lowest BCUT2D eigenvalue weighted by atomic mass is 10.1. The minimum absolute atomic E-state index is 0.0187. The van der Waals surface area contributed by atoms with Gasteiger partial charge in [-0.2, -0.15) is 0 Å². The predicted octanol–water partition coefficient (Wildman–Crippen LogP) is 2.73. The Hall–Kier alpha value is -2.34. The Morgan fingerprint density at radius 1 is 1.22 bits per heavy atom. The van der Waals surface area contributed by atoms with E-state index in [-0.39, 0.29) is 24.1 Å². The molecular weight excluding hydrogens is 315 g/mol. The number of hydrogen-bond donors (Lipinski definition) is 2. The molecule has 0 atom stereocenters. The number of rotatable bonds is 4. The van der Waals surface area contributed by atoms with Gasteiger partial charge in [0, 0.05) is 11.4 Å². The van der Waals surface area contributed by atoms with Crippen LogP contribution in [-0.2, 0) is 22.6 Å². The maximum absolute atomic E-state index is 13.1. The van der Waals surface area contributed by atoms with Crippen molar-refractivity contribution in [3.8, 4) is 0 Å². The van der Waals surface area contributed by atoms with Gasteiger partial charge in [-0.1, -0.05) is 18.2 Å². The van der Waals surface area contributed by atoms with Crippen LogP contribution in [0.15, 0.2) is 47.4 Å². The van der Waals surface area contributed by atoms with Gasteiger partial charge in [0.2, 0.25) is 11.8 Å². The zero-order chi connectivity index (χ0) is 16.2. The predicted molar refractivity (Wildman–Crippen MR) is 87.7 cm³/mol. The lowest BCUT2D eigenvalue weighted by Gasteiger charge is -2.17. The molecule has 2 N–H and O–H groups in total.